The second kappa shape index (κ2) is 11.9. The zero-order valence-corrected chi connectivity index (χ0v) is 17.1. The highest BCUT2D eigenvalue weighted by molar-refractivity contribution is 5.88. The van der Waals surface area contributed by atoms with Crippen molar-refractivity contribution in [3.63, 3.8) is 0 Å². The van der Waals surface area contributed by atoms with Crippen LogP contribution in [0.3, 0.4) is 0 Å². The molecular weight excluding hydrogens is 350 g/mol. The lowest BCUT2D eigenvalue weighted by atomic mass is 10.1. The number of ether oxygens (including phenoxy) is 1. The summed E-state index contributed by atoms with van der Waals surface area (Å²) in [7, 11) is 3.52. The highest BCUT2D eigenvalue weighted by atomic mass is 16.5. The number of hydrogen-bond donors (Lipinski definition) is 1. The lowest BCUT2D eigenvalue weighted by Gasteiger charge is -2.25. The molecule has 2 rings (SSSR count). The van der Waals surface area contributed by atoms with Gasteiger partial charge in [-0.05, 0) is 49.6 Å². The van der Waals surface area contributed by atoms with E-state index in [0.717, 1.165) is 43.7 Å². The number of carbonyl (C=O) groups is 1. The normalized spacial score (nSPS) is 17.4. The molecule has 150 valence electrons. The molecular formula is C23H31N3O2. The van der Waals surface area contributed by atoms with Gasteiger partial charge in [-0.1, -0.05) is 43.3 Å². The van der Waals surface area contributed by atoms with E-state index in [9.17, 15) is 4.79 Å². The first-order chi connectivity index (χ1) is 13.6. The number of carbonyl (C=O) groups excluding carboxylic acids is 1. The molecule has 1 atom stereocenters. The molecule has 1 N–H and O–H groups in total. The number of likely N-dealkylation sites (N-methyl/N-ethyl adjacent to an activating group) is 1. The minimum Gasteiger partial charge on any atom is -0.466 e. The van der Waals surface area contributed by atoms with Gasteiger partial charge in [0.1, 0.15) is 5.82 Å². The maximum Gasteiger partial charge on any atom is 0.330 e. The summed E-state index contributed by atoms with van der Waals surface area (Å²) in [6.45, 7) is 4.04. The van der Waals surface area contributed by atoms with Crippen LogP contribution < -0.4 is 5.32 Å². The fourth-order valence-electron chi connectivity index (χ4n) is 2.98. The standard InChI is InChI=1S/C23H31N3O2/c1-4-21(18-26(2)17-20-11-6-5-7-12-20)25-22-13-9-8-10-19(16-24-22)14-15-23(27)28-3/h5-7,10-16,21,25H,4,8-9,17-18H2,1-3H3/b15-14+,19-10+,22-13?,24-16?/t21-/m1/s1. The van der Waals surface area contributed by atoms with E-state index >= 15 is 0 Å². The number of esters is 1. The molecule has 0 unspecified atom stereocenters. The number of allylic oxidation sites excluding steroid dienone is 4. The van der Waals surface area contributed by atoms with Crippen molar-refractivity contribution in [2.45, 2.75) is 38.8 Å². The summed E-state index contributed by atoms with van der Waals surface area (Å²) in [6, 6.07) is 10.8. The van der Waals surface area contributed by atoms with Gasteiger partial charge in [-0.2, -0.15) is 0 Å². The van der Waals surface area contributed by atoms with Gasteiger partial charge in [-0.3, -0.25) is 0 Å². The van der Waals surface area contributed by atoms with E-state index in [4.69, 9.17) is 0 Å². The van der Waals surface area contributed by atoms with E-state index in [0.29, 0.717) is 6.04 Å². The third-order valence-corrected chi connectivity index (χ3v) is 4.52. The van der Waals surface area contributed by atoms with Crippen molar-refractivity contribution in [3.05, 3.63) is 71.6 Å². The maximum atomic E-state index is 11.3. The Kier molecular flexibility index (Phi) is 9.22. The number of aliphatic imine (C=N–C) groups is 1. The summed E-state index contributed by atoms with van der Waals surface area (Å²) >= 11 is 0. The first kappa shape index (κ1) is 21.6. The van der Waals surface area contributed by atoms with Gasteiger partial charge in [0.25, 0.3) is 0 Å². The fourth-order valence-corrected chi connectivity index (χ4v) is 2.98. The number of methoxy groups -OCH3 is 1. The molecule has 0 radical (unpaired) electrons. The van der Waals surface area contributed by atoms with E-state index in [-0.39, 0.29) is 5.97 Å². The summed E-state index contributed by atoms with van der Waals surface area (Å²) < 4.78 is 4.64. The Labute approximate surface area is 168 Å². The molecule has 0 aromatic heterocycles. The number of rotatable bonds is 9. The van der Waals surface area contributed by atoms with Crippen LogP contribution in [0.5, 0.6) is 0 Å². The number of nitrogens with one attached hydrogen (secondary N) is 1. The first-order valence-corrected chi connectivity index (χ1v) is 9.80. The van der Waals surface area contributed by atoms with Gasteiger partial charge < -0.3 is 15.0 Å². The Morgan fingerprint density at radius 1 is 1.29 bits per heavy atom. The summed E-state index contributed by atoms with van der Waals surface area (Å²) in [5, 5.41) is 3.57. The molecule has 1 heterocycles. The molecule has 1 aliphatic heterocycles. The largest absolute Gasteiger partial charge is 0.466 e. The number of nitrogens with zero attached hydrogens (tertiary/aromatic N) is 2. The number of benzene rings is 1. The van der Waals surface area contributed by atoms with E-state index in [2.05, 4.69) is 70.3 Å². The topological polar surface area (TPSA) is 53.9 Å². The molecule has 5 heteroatoms. The zero-order valence-electron chi connectivity index (χ0n) is 17.1. The highest BCUT2D eigenvalue weighted by Crippen LogP contribution is 2.10. The summed E-state index contributed by atoms with van der Waals surface area (Å²) in [5.41, 5.74) is 2.22. The van der Waals surface area contributed by atoms with Crippen LogP contribution in [0.25, 0.3) is 0 Å². The van der Waals surface area contributed by atoms with E-state index in [1.165, 1.54) is 18.7 Å². The van der Waals surface area contributed by atoms with Crippen molar-refractivity contribution in [2.75, 3.05) is 20.7 Å². The molecule has 28 heavy (non-hydrogen) atoms. The highest BCUT2D eigenvalue weighted by Gasteiger charge is 2.11. The molecule has 1 aromatic carbocycles. The van der Waals surface area contributed by atoms with Crippen LogP contribution in [0, 0.1) is 0 Å². The van der Waals surface area contributed by atoms with Gasteiger partial charge in [0, 0.05) is 31.4 Å². The lowest BCUT2D eigenvalue weighted by Crippen LogP contribution is -2.38. The summed E-state index contributed by atoms with van der Waals surface area (Å²) in [5.74, 6) is 0.523. The van der Waals surface area contributed by atoms with Crippen molar-refractivity contribution in [1.82, 2.24) is 10.2 Å². The third kappa shape index (κ3) is 7.92. The molecule has 0 spiro atoms. The molecule has 0 bridgehead atoms. The van der Waals surface area contributed by atoms with Gasteiger partial charge in [0.05, 0.1) is 7.11 Å². The smallest absolute Gasteiger partial charge is 0.330 e. The SMILES string of the molecule is CC[C@H](CN(C)Cc1ccccc1)NC1=CCC/C=C(\C=C\C(=O)OC)C=N1. The number of hydrogen-bond acceptors (Lipinski definition) is 5. The van der Waals surface area contributed by atoms with Crippen LogP contribution in [0.1, 0.15) is 31.7 Å². The van der Waals surface area contributed by atoms with Crippen LogP contribution in [0.15, 0.2) is 71.0 Å². The Hall–Kier alpha value is -2.66. The predicted molar refractivity (Wildman–Crippen MR) is 115 cm³/mol. The second-order valence-electron chi connectivity index (χ2n) is 6.92. The summed E-state index contributed by atoms with van der Waals surface area (Å²) in [6.07, 6.45) is 12.0. The van der Waals surface area contributed by atoms with Gasteiger partial charge in [-0.25, -0.2) is 9.79 Å². The third-order valence-electron chi connectivity index (χ3n) is 4.52. The van der Waals surface area contributed by atoms with Crippen molar-refractivity contribution in [1.29, 1.82) is 0 Å². The van der Waals surface area contributed by atoms with E-state index < -0.39 is 0 Å². The molecule has 0 saturated heterocycles. The Bertz CT molecular complexity index is 735. The minimum absolute atomic E-state index is 0.314. The van der Waals surface area contributed by atoms with Crippen LogP contribution in [-0.4, -0.2) is 43.8 Å². The van der Waals surface area contributed by atoms with Crippen molar-refractivity contribution in [3.8, 4) is 0 Å². The quantitative estimate of drug-likeness (QED) is 0.521. The Balaban J connectivity index is 1.93. The van der Waals surface area contributed by atoms with Crippen LogP contribution >= 0.6 is 0 Å². The van der Waals surface area contributed by atoms with Crippen LogP contribution in [0.2, 0.25) is 0 Å². The summed E-state index contributed by atoms with van der Waals surface area (Å²) in [4.78, 5) is 18.2. The fraction of sp³-hybridized carbons (Fsp3) is 0.391. The minimum atomic E-state index is -0.363. The first-order valence-electron chi connectivity index (χ1n) is 9.80. The Morgan fingerprint density at radius 3 is 2.75 bits per heavy atom. The van der Waals surface area contributed by atoms with Crippen molar-refractivity contribution >= 4 is 12.2 Å². The zero-order chi connectivity index (χ0) is 20.2. The van der Waals surface area contributed by atoms with Gasteiger partial charge in [0.2, 0.25) is 0 Å². The average Bonchev–Trinajstić information content (AvgIpc) is 2.69. The maximum absolute atomic E-state index is 11.3. The molecule has 0 amide bonds. The van der Waals surface area contributed by atoms with Crippen molar-refractivity contribution in [2.24, 2.45) is 4.99 Å². The van der Waals surface area contributed by atoms with Crippen molar-refractivity contribution < 1.29 is 9.53 Å². The molecule has 1 aliphatic rings. The van der Waals surface area contributed by atoms with Gasteiger partial charge in [-0.15, -0.1) is 0 Å². The molecule has 1 aromatic rings. The monoisotopic (exact) mass is 381 g/mol. The molecule has 0 aliphatic carbocycles. The van der Waals surface area contributed by atoms with E-state index in [1.54, 1.807) is 12.3 Å². The van der Waals surface area contributed by atoms with Gasteiger partial charge >= 0.3 is 5.97 Å². The second-order valence-corrected chi connectivity index (χ2v) is 6.92. The Morgan fingerprint density at radius 2 is 2.04 bits per heavy atom. The molecule has 0 fully saturated rings. The molecule has 5 nitrogen and oxygen atoms in total. The average molecular weight is 382 g/mol. The molecule has 0 saturated carbocycles. The van der Waals surface area contributed by atoms with E-state index in [1.807, 2.05) is 6.07 Å². The van der Waals surface area contributed by atoms with Crippen LogP contribution in [-0.2, 0) is 16.1 Å². The van der Waals surface area contributed by atoms with Gasteiger partial charge in [0.15, 0.2) is 0 Å². The predicted octanol–water partition coefficient (Wildman–Crippen LogP) is 3.85. The lowest BCUT2D eigenvalue weighted by molar-refractivity contribution is -0.134. The van der Waals surface area contributed by atoms with Crippen LogP contribution in [0.4, 0.5) is 0 Å².